The summed E-state index contributed by atoms with van der Waals surface area (Å²) >= 11 is 0. The SMILES string of the molecule is Cc1ccc(S(=O)(=O)N2C[C@H](C)C3=C(CCc4ccccc43)[C@H]2C2CCCCC2)cc1. The predicted octanol–water partition coefficient (Wildman–Crippen LogP) is 5.98. The van der Waals surface area contributed by atoms with Crippen LogP contribution in [0.5, 0.6) is 0 Å². The maximum absolute atomic E-state index is 13.9. The van der Waals surface area contributed by atoms with E-state index in [0.717, 1.165) is 31.2 Å². The Morgan fingerprint density at radius 2 is 1.61 bits per heavy atom. The summed E-state index contributed by atoms with van der Waals surface area (Å²) in [5, 5.41) is 0. The highest BCUT2D eigenvalue weighted by Gasteiger charge is 2.45. The van der Waals surface area contributed by atoms with E-state index in [1.54, 1.807) is 12.1 Å². The monoisotopic (exact) mass is 435 g/mol. The van der Waals surface area contributed by atoms with Crippen molar-refractivity contribution >= 4 is 15.6 Å². The van der Waals surface area contributed by atoms with E-state index >= 15 is 0 Å². The van der Waals surface area contributed by atoms with E-state index in [1.165, 1.54) is 41.5 Å². The van der Waals surface area contributed by atoms with Crippen molar-refractivity contribution < 1.29 is 8.42 Å². The molecule has 31 heavy (non-hydrogen) atoms. The van der Waals surface area contributed by atoms with Gasteiger partial charge in [-0.2, -0.15) is 4.31 Å². The van der Waals surface area contributed by atoms with E-state index in [-0.39, 0.29) is 12.0 Å². The summed E-state index contributed by atoms with van der Waals surface area (Å²) in [6.45, 7) is 4.79. The molecule has 3 aliphatic rings. The molecule has 0 unspecified atom stereocenters. The van der Waals surface area contributed by atoms with Gasteiger partial charge in [-0.05, 0) is 78.8 Å². The van der Waals surface area contributed by atoms with Crippen LogP contribution in [0.15, 0.2) is 59.0 Å². The van der Waals surface area contributed by atoms with Crippen LogP contribution >= 0.6 is 0 Å². The fourth-order valence-corrected chi connectivity index (χ4v) is 7.95. The Morgan fingerprint density at radius 1 is 0.903 bits per heavy atom. The lowest BCUT2D eigenvalue weighted by Gasteiger charge is -2.47. The molecule has 0 amide bonds. The topological polar surface area (TPSA) is 37.4 Å². The molecule has 1 fully saturated rings. The lowest BCUT2D eigenvalue weighted by molar-refractivity contribution is 0.196. The van der Waals surface area contributed by atoms with Gasteiger partial charge < -0.3 is 0 Å². The molecule has 0 saturated heterocycles. The maximum Gasteiger partial charge on any atom is 0.243 e. The molecule has 2 aromatic rings. The normalized spacial score (nSPS) is 25.2. The molecule has 164 valence electrons. The van der Waals surface area contributed by atoms with Crippen LogP contribution in [-0.4, -0.2) is 25.3 Å². The summed E-state index contributed by atoms with van der Waals surface area (Å²) in [6, 6.07) is 16.2. The maximum atomic E-state index is 13.9. The minimum absolute atomic E-state index is 0.00570. The van der Waals surface area contributed by atoms with Gasteiger partial charge in [0.25, 0.3) is 0 Å². The molecule has 5 rings (SSSR count). The van der Waals surface area contributed by atoms with Gasteiger partial charge in [-0.25, -0.2) is 8.42 Å². The van der Waals surface area contributed by atoms with Crippen LogP contribution in [0.25, 0.3) is 5.57 Å². The Bertz CT molecular complexity index is 1090. The number of fused-ring (bicyclic) bond motifs is 2. The molecule has 1 saturated carbocycles. The summed E-state index contributed by atoms with van der Waals surface area (Å²) in [7, 11) is -3.54. The first-order valence-electron chi connectivity index (χ1n) is 11.9. The van der Waals surface area contributed by atoms with Crippen LogP contribution in [0.4, 0.5) is 0 Å². The van der Waals surface area contributed by atoms with E-state index in [1.807, 2.05) is 23.4 Å². The van der Waals surface area contributed by atoms with Crippen LogP contribution in [0.3, 0.4) is 0 Å². The van der Waals surface area contributed by atoms with Crippen LogP contribution in [0.2, 0.25) is 0 Å². The standard InChI is InChI=1S/C27H33NO2S/c1-19-12-15-23(16-13-19)31(29,30)28-18-20(2)26-24-11-7-6-8-21(24)14-17-25(26)27(28)22-9-4-3-5-10-22/h6-8,11-13,15-16,20,22,27H,3-5,9-10,14,17-18H2,1-2H3/t20-,27+/m0/s1. The third kappa shape index (κ3) is 3.68. The molecule has 0 spiro atoms. The number of benzene rings is 2. The van der Waals surface area contributed by atoms with E-state index in [9.17, 15) is 8.42 Å². The molecular weight excluding hydrogens is 402 g/mol. The van der Waals surface area contributed by atoms with Gasteiger partial charge in [0.2, 0.25) is 10.0 Å². The van der Waals surface area contributed by atoms with Crippen molar-refractivity contribution in [2.75, 3.05) is 6.54 Å². The van der Waals surface area contributed by atoms with Gasteiger partial charge in [0.1, 0.15) is 0 Å². The van der Waals surface area contributed by atoms with Crippen molar-refractivity contribution in [1.29, 1.82) is 0 Å². The van der Waals surface area contributed by atoms with Gasteiger partial charge in [-0.15, -0.1) is 0 Å². The van der Waals surface area contributed by atoms with Gasteiger partial charge in [0.15, 0.2) is 0 Å². The number of hydrogen-bond donors (Lipinski definition) is 0. The highest BCUT2D eigenvalue weighted by molar-refractivity contribution is 7.89. The third-order valence-electron chi connectivity index (χ3n) is 7.65. The molecule has 2 aliphatic carbocycles. The average Bonchev–Trinajstić information content (AvgIpc) is 2.79. The fraction of sp³-hybridized carbons (Fsp3) is 0.481. The highest BCUT2D eigenvalue weighted by atomic mass is 32.2. The molecule has 2 atom stereocenters. The first-order chi connectivity index (χ1) is 15.0. The van der Waals surface area contributed by atoms with Crippen LogP contribution in [0.1, 0.15) is 62.1 Å². The number of sulfonamides is 1. The summed E-state index contributed by atoms with van der Waals surface area (Å²) in [5.41, 5.74) is 6.71. The Balaban J connectivity index is 1.64. The predicted molar refractivity (Wildman–Crippen MR) is 126 cm³/mol. The Morgan fingerprint density at radius 3 is 2.35 bits per heavy atom. The largest absolute Gasteiger partial charge is 0.243 e. The lowest BCUT2D eigenvalue weighted by atomic mass is 9.70. The number of rotatable bonds is 3. The average molecular weight is 436 g/mol. The molecule has 4 heteroatoms. The van der Waals surface area contributed by atoms with Crippen molar-refractivity contribution in [2.24, 2.45) is 11.8 Å². The zero-order valence-electron chi connectivity index (χ0n) is 18.7. The smallest absolute Gasteiger partial charge is 0.207 e. The van der Waals surface area contributed by atoms with Crippen molar-refractivity contribution in [1.82, 2.24) is 4.31 Å². The van der Waals surface area contributed by atoms with Gasteiger partial charge in [0, 0.05) is 12.6 Å². The number of nitrogens with zero attached hydrogens (tertiary/aromatic N) is 1. The summed E-state index contributed by atoms with van der Waals surface area (Å²) < 4.78 is 29.7. The molecular formula is C27H33NO2S. The molecule has 2 aromatic carbocycles. The first-order valence-corrected chi connectivity index (χ1v) is 13.3. The summed E-state index contributed by atoms with van der Waals surface area (Å²) in [4.78, 5) is 0.436. The zero-order valence-corrected chi connectivity index (χ0v) is 19.5. The molecule has 3 nitrogen and oxygen atoms in total. The highest BCUT2D eigenvalue weighted by Crippen LogP contribution is 2.47. The van der Waals surface area contributed by atoms with Crippen LogP contribution in [0, 0.1) is 18.8 Å². The van der Waals surface area contributed by atoms with E-state index in [4.69, 9.17) is 0 Å². The van der Waals surface area contributed by atoms with E-state index in [0.29, 0.717) is 17.4 Å². The molecule has 0 bridgehead atoms. The van der Waals surface area contributed by atoms with Crippen molar-refractivity contribution in [3.05, 3.63) is 70.8 Å². The second-order valence-corrected chi connectivity index (χ2v) is 11.6. The molecule has 0 radical (unpaired) electrons. The van der Waals surface area contributed by atoms with Crippen molar-refractivity contribution in [3.8, 4) is 0 Å². The van der Waals surface area contributed by atoms with Crippen LogP contribution < -0.4 is 0 Å². The second-order valence-electron chi connectivity index (χ2n) is 9.73. The number of hydrogen-bond acceptors (Lipinski definition) is 2. The van der Waals surface area contributed by atoms with Gasteiger partial charge in [-0.3, -0.25) is 0 Å². The fourth-order valence-electron chi connectivity index (χ4n) is 6.18. The van der Waals surface area contributed by atoms with E-state index in [2.05, 4.69) is 31.2 Å². The van der Waals surface area contributed by atoms with Crippen molar-refractivity contribution in [3.63, 3.8) is 0 Å². The Labute approximate surface area is 187 Å². The second kappa shape index (κ2) is 8.22. The molecule has 1 aliphatic heterocycles. The molecule has 1 heterocycles. The first kappa shape index (κ1) is 21.0. The summed E-state index contributed by atoms with van der Waals surface area (Å²) in [6.07, 6.45) is 7.98. The quantitative estimate of drug-likeness (QED) is 0.594. The minimum atomic E-state index is -3.54. The van der Waals surface area contributed by atoms with Gasteiger partial charge >= 0.3 is 0 Å². The lowest BCUT2D eigenvalue weighted by Crippen LogP contribution is -2.51. The zero-order chi connectivity index (χ0) is 21.6. The van der Waals surface area contributed by atoms with Crippen LogP contribution in [-0.2, 0) is 16.4 Å². The number of aryl methyl sites for hydroxylation is 2. The summed E-state index contributed by atoms with van der Waals surface area (Å²) in [5.74, 6) is 0.633. The van der Waals surface area contributed by atoms with E-state index < -0.39 is 10.0 Å². The third-order valence-corrected chi connectivity index (χ3v) is 9.52. The minimum Gasteiger partial charge on any atom is -0.207 e. The Hall–Kier alpha value is -1.91. The Kier molecular flexibility index (Phi) is 5.56. The van der Waals surface area contributed by atoms with Crippen molar-refractivity contribution in [2.45, 2.75) is 69.7 Å². The van der Waals surface area contributed by atoms with Gasteiger partial charge in [0.05, 0.1) is 4.90 Å². The van der Waals surface area contributed by atoms with Gasteiger partial charge in [-0.1, -0.05) is 68.1 Å². The molecule has 0 N–H and O–H groups in total. The molecule has 0 aromatic heterocycles.